The number of aliphatic hydroxyl groups is 1. The van der Waals surface area contributed by atoms with Gasteiger partial charge in [0, 0.05) is 13.2 Å². The van der Waals surface area contributed by atoms with Crippen LogP contribution in [0, 0.1) is 47.3 Å². The predicted octanol–water partition coefficient (Wildman–Crippen LogP) is 4.54. The van der Waals surface area contributed by atoms with Gasteiger partial charge in [-0.2, -0.15) is 0 Å². The molecule has 1 N–H and O–H groups in total. The maximum Gasteiger partial charge on any atom is 0.191 e. The average Bonchev–Trinajstić information content (AvgIpc) is 3.31. The molecule has 4 fully saturated rings. The van der Waals surface area contributed by atoms with E-state index in [0.29, 0.717) is 17.6 Å². The molecule has 0 heterocycles. The molecule has 0 amide bonds. The molecule has 0 saturated heterocycles. The Labute approximate surface area is 143 Å². The maximum absolute atomic E-state index is 9.25. The molecule has 0 aromatic carbocycles. The molecule has 0 aromatic heterocycles. The van der Waals surface area contributed by atoms with Crippen LogP contribution in [0.1, 0.15) is 46.5 Å². The van der Waals surface area contributed by atoms with Gasteiger partial charge in [-0.15, -0.1) is 0 Å². The van der Waals surface area contributed by atoms with E-state index in [0.717, 1.165) is 48.0 Å². The van der Waals surface area contributed by atoms with Crippen molar-refractivity contribution >= 4 is 8.32 Å². The zero-order chi connectivity index (χ0) is 16.6. The lowest BCUT2D eigenvalue weighted by atomic mass is 10.1. The van der Waals surface area contributed by atoms with Crippen molar-refractivity contribution in [1.29, 1.82) is 0 Å². The monoisotopic (exact) mass is 336 g/mol. The molecule has 4 saturated carbocycles. The van der Waals surface area contributed by atoms with Crippen LogP contribution in [0.25, 0.3) is 0 Å². The fourth-order valence-corrected chi connectivity index (χ4v) is 6.03. The summed E-state index contributed by atoms with van der Waals surface area (Å²) in [6.45, 7) is 13.3. The lowest BCUT2D eigenvalue weighted by Crippen LogP contribution is -2.41. The Hall–Kier alpha value is 0.137. The van der Waals surface area contributed by atoms with Crippen LogP contribution in [0.15, 0.2) is 0 Å². The van der Waals surface area contributed by atoms with Crippen molar-refractivity contribution in [1.82, 2.24) is 0 Å². The molecular weight excluding hydrogens is 300 g/mol. The van der Waals surface area contributed by atoms with Gasteiger partial charge in [0.2, 0.25) is 0 Å². The molecule has 2 nitrogen and oxygen atoms in total. The Morgan fingerprint density at radius 2 is 1.30 bits per heavy atom. The lowest BCUT2D eigenvalue weighted by Gasteiger charge is -2.36. The van der Waals surface area contributed by atoms with E-state index in [1.807, 2.05) is 0 Å². The smallest absolute Gasteiger partial charge is 0.191 e. The van der Waals surface area contributed by atoms with Crippen molar-refractivity contribution in [2.75, 3.05) is 13.2 Å². The zero-order valence-corrected chi connectivity index (χ0v) is 16.7. The van der Waals surface area contributed by atoms with Crippen LogP contribution in [0.2, 0.25) is 18.1 Å². The molecule has 132 valence electrons. The van der Waals surface area contributed by atoms with Crippen molar-refractivity contribution in [3.05, 3.63) is 0 Å². The second-order valence-electron chi connectivity index (χ2n) is 10.7. The van der Waals surface area contributed by atoms with Crippen LogP contribution in [-0.2, 0) is 4.43 Å². The standard InChI is InChI=1S/C20H36O2Si/c1-20(2,3)23(4,5)22-11-13-7-15(13)17-9-19(17)18-8-16(18)14-6-12(14)10-21/h12-19,21H,6-11H2,1-5H3/t12-,13-,14+,15+,16-,17-,18-,19-/m0/s1. The third kappa shape index (κ3) is 3.18. The van der Waals surface area contributed by atoms with E-state index in [2.05, 4.69) is 33.9 Å². The van der Waals surface area contributed by atoms with E-state index < -0.39 is 8.32 Å². The first-order valence-electron chi connectivity index (χ1n) is 9.97. The van der Waals surface area contributed by atoms with Crippen molar-refractivity contribution in [2.45, 2.75) is 64.6 Å². The van der Waals surface area contributed by atoms with E-state index in [1.54, 1.807) is 0 Å². The Balaban J connectivity index is 1.18. The molecule has 4 rings (SSSR count). The fourth-order valence-electron chi connectivity index (χ4n) is 4.96. The van der Waals surface area contributed by atoms with Crippen LogP contribution < -0.4 is 0 Å². The lowest BCUT2D eigenvalue weighted by molar-refractivity contribution is 0.260. The van der Waals surface area contributed by atoms with Gasteiger partial charge in [-0.05, 0) is 91.2 Å². The summed E-state index contributed by atoms with van der Waals surface area (Å²) in [6.07, 6.45) is 5.76. The molecule has 0 radical (unpaired) electrons. The zero-order valence-electron chi connectivity index (χ0n) is 15.7. The Bertz CT molecular complexity index is 469. The first-order chi connectivity index (χ1) is 10.7. The number of aliphatic hydroxyl groups excluding tert-OH is 1. The predicted molar refractivity (Wildman–Crippen MR) is 96.6 cm³/mol. The maximum atomic E-state index is 9.25. The molecule has 4 aliphatic rings. The summed E-state index contributed by atoms with van der Waals surface area (Å²) in [5.74, 6) is 7.61. The van der Waals surface area contributed by atoms with Gasteiger partial charge in [-0.3, -0.25) is 0 Å². The molecule has 4 aliphatic carbocycles. The van der Waals surface area contributed by atoms with E-state index >= 15 is 0 Å². The van der Waals surface area contributed by atoms with Gasteiger partial charge < -0.3 is 9.53 Å². The van der Waals surface area contributed by atoms with Crippen LogP contribution in [0.4, 0.5) is 0 Å². The molecule has 0 unspecified atom stereocenters. The third-order valence-electron chi connectivity index (χ3n) is 8.09. The minimum Gasteiger partial charge on any atom is -0.417 e. The summed E-state index contributed by atoms with van der Waals surface area (Å²) in [5.41, 5.74) is 0. The van der Waals surface area contributed by atoms with Crippen LogP contribution in [0.5, 0.6) is 0 Å². The van der Waals surface area contributed by atoms with Crippen molar-refractivity contribution < 1.29 is 9.53 Å². The summed E-state index contributed by atoms with van der Waals surface area (Å²) >= 11 is 0. The van der Waals surface area contributed by atoms with Crippen LogP contribution in [-0.4, -0.2) is 26.6 Å². The van der Waals surface area contributed by atoms with Crippen LogP contribution in [0.3, 0.4) is 0 Å². The van der Waals surface area contributed by atoms with Crippen molar-refractivity contribution in [2.24, 2.45) is 47.3 Å². The highest BCUT2D eigenvalue weighted by atomic mass is 28.4. The molecule has 3 heteroatoms. The molecule has 0 bridgehead atoms. The van der Waals surface area contributed by atoms with E-state index in [1.165, 1.54) is 25.7 Å². The topological polar surface area (TPSA) is 29.5 Å². The molecule has 0 spiro atoms. The van der Waals surface area contributed by atoms with Gasteiger partial charge in [0.05, 0.1) is 0 Å². The van der Waals surface area contributed by atoms with Crippen molar-refractivity contribution in [3.63, 3.8) is 0 Å². The van der Waals surface area contributed by atoms with Gasteiger partial charge in [0.1, 0.15) is 0 Å². The Morgan fingerprint density at radius 1 is 0.826 bits per heavy atom. The largest absolute Gasteiger partial charge is 0.417 e. The first-order valence-corrected chi connectivity index (χ1v) is 12.9. The summed E-state index contributed by atoms with van der Waals surface area (Å²) in [4.78, 5) is 0. The molecule has 23 heavy (non-hydrogen) atoms. The van der Waals surface area contributed by atoms with E-state index in [9.17, 15) is 5.11 Å². The van der Waals surface area contributed by atoms with Crippen LogP contribution >= 0.6 is 0 Å². The van der Waals surface area contributed by atoms with Gasteiger partial charge in [0.15, 0.2) is 8.32 Å². The third-order valence-corrected chi connectivity index (χ3v) is 12.6. The van der Waals surface area contributed by atoms with Gasteiger partial charge in [-0.25, -0.2) is 0 Å². The summed E-state index contributed by atoms with van der Waals surface area (Å²) in [6, 6.07) is 0. The Morgan fingerprint density at radius 3 is 1.78 bits per heavy atom. The quantitative estimate of drug-likeness (QED) is 0.691. The van der Waals surface area contributed by atoms with Gasteiger partial charge >= 0.3 is 0 Å². The highest BCUT2D eigenvalue weighted by molar-refractivity contribution is 6.74. The molecule has 8 atom stereocenters. The minimum absolute atomic E-state index is 0.342. The van der Waals surface area contributed by atoms with E-state index in [4.69, 9.17) is 4.43 Å². The Kier molecular flexibility index (Phi) is 3.84. The van der Waals surface area contributed by atoms with Gasteiger partial charge in [-0.1, -0.05) is 20.8 Å². The first kappa shape index (κ1) is 16.6. The summed E-state index contributed by atoms with van der Waals surface area (Å²) in [7, 11) is -1.55. The SMILES string of the molecule is CC(C)(C)[Si](C)(C)OC[C@@H]1C[C@H]1[C@@H]1C[C@@H]1[C@H]1C[C@H]1[C@@H]1C[C@H]1CO. The second kappa shape index (κ2) is 5.31. The highest BCUT2D eigenvalue weighted by Gasteiger charge is 2.63. The average molecular weight is 337 g/mol. The normalized spacial score (nSPS) is 48.3. The number of hydrogen-bond acceptors (Lipinski definition) is 2. The summed E-state index contributed by atoms with van der Waals surface area (Å²) < 4.78 is 6.45. The fraction of sp³-hybridized carbons (Fsp3) is 1.00. The highest BCUT2D eigenvalue weighted by Crippen LogP contribution is 2.70. The molecule has 0 aliphatic heterocycles. The minimum atomic E-state index is -1.55. The number of rotatable bonds is 7. The second-order valence-corrected chi connectivity index (χ2v) is 15.5. The van der Waals surface area contributed by atoms with E-state index in [-0.39, 0.29) is 0 Å². The van der Waals surface area contributed by atoms with Crippen molar-refractivity contribution in [3.8, 4) is 0 Å². The molecule has 0 aromatic rings. The van der Waals surface area contributed by atoms with Gasteiger partial charge in [0.25, 0.3) is 0 Å². The number of hydrogen-bond donors (Lipinski definition) is 1. The molecular formula is C20H36O2Si. The summed E-state index contributed by atoms with van der Waals surface area (Å²) in [5, 5.41) is 9.59.